The molecule has 10 rings (SSSR count). The van der Waals surface area contributed by atoms with E-state index in [1.165, 1.54) is 43.5 Å². The lowest BCUT2D eigenvalue weighted by Gasteiger charge is -2.51. The molecule has 5 aliphatic heterocycles. The van der Waals surface area contributed by atoms with Gasteiger partial charge in [-0.3, -0.25) is 38.6 Å². The molecule has 0 bridgehead atoms. The van der Waals surface area contributed by atoms with Gasteiger partial charge >= 0.3 is 11.9 Å². The molecule has 5 aliphatic rings. The number of imide groups is 2. The van der Waals surface area contributed by atoms with Crippen LogP contribution < -0.4 is 0 Å². The van der Waals surface area contributed by atoms with E-state index in [9.17, 15) is 33.9 Å². The number of aliphatic hydroxyl groups excluding tert-OH is 1. The molecule has 0 radical (unpaired) electrons. The highest BCUT2D eigenvalue weighted by Gasteiger charge is 2.61. The average molecular weight is 1070 g/mol. The summed E-state index contributed by atoms with van der Waals surface area (Å²) in [6.45, 7) is 4.81. The van der Waals surface area contributed by atoms with Gasteiger partial charge in [-0.25, -0.2) is 0 Å². The monoisotopic (exact) mass is 1070 g/mol. The lowest BCUT2D eigenvalue weighted by atomic mass is 9.92. The van der Waals surface area contributed by atoms with Crippen molar-refractivity contribution in [2.45, 2.75) is 121 Å². The zero-order chi connectivity index (χ0) is 54.5. The number of fused-ring (bicyclic) bond motifs is 2. The number of hydrogen-bond acceptors (Lipinski definition) is 15. The first-order valence-corrected chi connectivity index (χ1v) is 26.5. The Morgan fingerprint density at radius 3 is 1.45 bits per heavy atom. The molecule has 18 heteroatoms. The van der Waals surface area contributed by atoms with Gasteiger partial charge in [-0.2, -0.15) is 0 Å². The summed E-state index contributed by atoms with van der Waals surface area (Å²) < 4.78 is 52.8. The molecule has 10 atom stereocenters. The van der Waals surface area contributed by atoms with Crippen LogP contribution in [0.15, 0.2) is 133 Å². The zero-order valence-corrected chi connectivity index (χ0v) is 43.8. The number of piperidine rings is 1. The fraction of sp³-hybridized carbons (Fsp3) is 0.400. The summed E-state index contributed by atoms with van der Waals surface area (Å²) in [4.78, 5) is 87.0. The molecule has 78 heavy (non-hydrogen) atoms. The van der Waals surface area contributed by atoms with Gasteiger partial charge in [0.25, 0.3) is 23.6 Å². The highest BCUT2D eigenvalue weighted by Crippen LogP contribution is 2.40. The second-order valence-corrected chi connectivity index (χ2v) is 20.8. The van der Waals surface area contributed by atoms with E-state index in [-0.39, 0.29) is 55.3 Å². The molecule has 3 fully saturated rings. The minimum absolute atomic E-state index is 0.0367. The van der Waals surface area contributed by atoms with E-state index in [2.05, 4.69) is 19.2 Å². The van der Waals surface area contributed by atoms with E-state index in [1.54, 1.807) is 24.3 Å². The lowest BCUT2D eigenvalue weighted by molar-refractivity contribution is -0.926. The lowest BCUT2D eigenvalue weighted by Crippen LogP contribution is -2.71. The van der Waals surface area contributed by atoms with Crippen LogP contribution in [0.1, 0.15) is 96.8 Å². The predicted molar refractivity (Wildman–Crippen MR) is 278 cm³/mol. The Labute approximate surface area is 452 Å². The SMILES string of the molecule is CC(=O)O[C@H]1[C@H](O)[C@@H](COCc2ccccc2)O[C@@H](O[C@H]2[C@H](OC(C)=O)[C@@H](N3C(=O)c4ccccc4C3=O)[C@H](OCc3ccc(C[N+]4(C)CCCCC4)cc3)O[C@@H]2COCc2ccccc2)[C@@H]1N1C(=O)c2ccccc2C1=O. The second kappa shape index (κ2) is 23.9. The maximum atomic E-state index is 14.7. The maximum Gasteiger partial charge on any atom is 0.303 e. The fourth-order valence-corrected chi connectivity index (χ4v) is 11.3. The number of amides is 4. The molecule has 0 unspecified atom stereocenters. The number of esters is 2. The molecule has 0 spiro atoms. The molecule has 3 saturated heterocycles. The third-order valence-electron chi connectivity index (χ3n) is 15.1. The molecule has 5 aromatic carbocycles. The normalized spacial score (nSPS) is 26.6. The Bertz CT molecular complexity index is 2900. The van der Waals surface area contributed by atoms with E-state index in [0.717, 1.165) is 70.0 Å². The number of nitrogens with zero attached hydrogens (tertiary/aromatic N) is 3. The Morgan fingerprint density at radius 1 is 0.526 bits per heavy atom. The zero-order valence-electron chi connectivity index (χ0n) is 43.8. The van der Waals surface area contributed by atoms with Gasteiger partial charge in [0.2, 0.25) is 0 Å². The minimum Gasteiger partial charge on any atom is -0.457 e. The number of benzene rings is 5. The van der Waals surface area contributed by atoms with E-state index in [0.29, 0.717) is 0 Å². The molecule has 18 nitrogen and oxygen atoms in total. The number of ether oxygens (including phenoxy) is 8. The van der Waals surface area contributed by atoms with E-state index >= 15 is 0 Å². The van der Waals surface area contributed by atoms with E-state index in [4.69, 9.17) is 37.9 Å². The molecule has 5 heterocycles. The molecule has 0 aromatic heterocycles. The van der Waals surface area contributed by atoms with Crippen molar-refractivity contribution in [1.29, 1.82) is 0 Å². The van der Waals surface area contributed by atoms with Crippen molar-refractivity contribution in [1.82, 2.24) is 9.80 Å². The van der Waals surface area contributed by atoms with Gasteiger partial charge < -0.3 is 47.5 Å². The van der Waals surface area contributed by atoms with Crippen molar-refractivity contribution in [2.24, 2.45) is 0 Å². The number of aliphatic hydroxyl groups is 1. The predicted octanol–water partition coefficient (Wildman–Crippen LogP) is 6.16. The molecule has 0 saturated carbocycles. The van der Waals surface area contributed by atoms with Gasteiger partial charge in [0, 0.05) is 19.4 Å². The van der Waals surface area contributed by atoms with Crippen molar-refractivity contribution < 1.29 is 76.3 Å². The van der Waals surface area contributed by atoms with Crippen LogP contribution in [-0.4, -0.2) is 150 Å². The molecule has 0 aliphatic carbocycles. The molecular weight excluding hydrogens is 1000 g/mol. The Balaban J connectivity index is 1.05. The van der Waals surface area contributed by atoms with Crippen molar-refractivity contribution in [2.75, 3.05) is 33.4 Å². The van der Waals surface area contributed by atoms with Crippen LogP contribution in [-0.2, 0) is 73.8 Å². The third kappa shape index (κ3) is 11.7. The van der Waals surface area contributed by atoms with Crippen LogP contribution in [0, 0.1) is 0 Å². The number of carbonyl (C=O) groups excluding carboxylic acids is 6. The Kier molecular flexibility index (Phi) is 16.7. The summed E-state index contributed by atoms with van der Waals surface area (Å²) in [5, 5.41) is 12.2. The van der Waals surface area contributed by atoms with Crippen LogP contribution in [0.5, 0.6) is 0 Å². The Hall–Kier alpha value is -7.00. The summed E-state index contributed by atoms with van der Waals surface area (Å²) >= 11 is 0. The molecule has 4 amide bonds. The number of rotatable bonds is 19. The van der Waals surface area contributed by atoms with Gasteiger partial charge in [-0.1, -0.05) is 109 Å². The molecular formula is C60H64N3O15+. The molecule has 5 aromatic rings. The summed E-state index contributed by atoms with van der Waals surface area (Å²) in [5.74, 6) is -4.76. The Morgan fingerprint density at radius 2 is 0.949 bits per heavy atom. The highest BCUT2D eigenvalue weighted by molar-refractivity contribution is 6.22. The van der Waals surface area contributed by atoms with E-state index < -0.39 is 96.9 Å². The van der Waals surface area contributed by atoms with Crippen LogP contribution in [0.3, 0.4) is 0 Å². The van der Waals surface area contributed by atoms with E-state index in [1.807, 2.05) is 72.8 Å². The van der Waals surface area contributed by atoms with Gasteiger partial charge in [0.05, 0.1) is 75.4 Å². The quantitative estimate of drug-likeness (QED) is 0.0560. The summed E-state index contributed by atoms with van der Waals surface area (Å²) in [7, 11) is 2.28. The van der Waals surface area contributed by atoms with Crippen LogP contribution in [0.2, 0.25) is 0 Å². The summed E-state index contributed by atoms with van der Waals surface area (Å²) in [6, 6.07) is 35.6. The number of likely N-dealkylation sites (tertiary alicyclic amines) is 1. The molecule has 1 N–H and O–H groups in total. The minimum atomic E-state index is -1.83. The van der Waals surface area contributed by atoms with Crippen molar-refractivity contribution >= 4 is 35.6 Å². The standard InChI is InChI=1S/C60H64N3O15/c1-37(64)74-53-49(61-55(67)43-21-11-12-22-44(43)56(61)68)60(76-47(51(53)66)35-71-32-40-17-7-4-8-18-40)78-52-48(36-72-33-41-19-9-5-10-20-41)77-59(73-34-42-27-25-39(26-28-42)31-63(3)29-15-6-16-30-63)50(54(52)75-38(2)65)62-57(69)45-23-13-14-24-46(45)58(62)70/h4-5,7-14,17-28,47-54,59-60,66H,6,15-16,29-36H2,1-3H3/q+1/t47-,48-,49-,50-,51-,52-,53-,54-,59-,60+/m1/s1. The van der Waals surface area contributed by atoms with Gasteiger partial charge in [-0.15, -0.1) is 0 Å². The van der Waals surface area contributed by atoms with Gasteiger partial charge in [0.1, 0.15) is 43.0 Å². The topological polar surface area (TPSA) is 203 Å². The number of hydrogen-bond donors (Lipinski definition) is 1. The van der Waals surface area contributed by atoms with Crippen molar-refractivity contribution in [3.63, 3.8) is 0 Å². The first-order chi connectivity index (χ1) is 37.8. The first-order valence-electron chi connectivity index (χ1n) is 26.5. The smallest absolute Gasteiger partial charge is 0.303 e. The van der Waals surface area contributed by atoms with Crippen LogP contribution in [0.4, 0.5) is 0 Å². The second-order valence-electron chi connectivity index (χ2n) is 20.8. The molecule has 408 valence electrons. The third-order valence-corrected chi connectivity index (χ3v) is 15.1. The summed E-state index contributed by atoms with van der Waals surface area (Å²) in [5.41, 5.74) is 3.76. The number of carbonyl (C=O) groups is 6. The van der Waals surface area contributed by atoms with Gasteiger partial charge in [0.15, 0.2) is 24.8 Å². The maximum absolute atomic E-state index is 14.7. The highest BCUT2D eigenvalue weighted by atomic mass is 16.7. The number of quaternary nitrogens is 1. The van der Waals surface area contributed by atoms with Crippen molar-refractivity contribution in [3.05, 3.63) is 178 Å². The van der Waals surface area contributed by atoms with Crippen LogP contribution in [0.25, 0.3) is 0 Å². The first kappa shape index (κ1) is 54.4. The average Bonchev–Trinajstić information content (AvgIpc) is 4.05. The largest absolute Gasteiger partial charge is 0.457 e. The van der Waals surface area contributed by atoms with Gasteiger partial charge in [-0.05, 0) is 60.2 Å². The summed E-state index contributed by atoms with van der Waals surface area (Å²) in [6.07, 6.45) is -9.06. The van der Waals surface area contributed by atoms with Crippen LogP contribution >= 0.6 is 0 Å². The fourth-order valence-electron chi connectivity index (χ4n) is 11.3. The van der Waals surface area contributed by atoms with Crippen molar-refractivity contribution in [3.8, 4) is 0 Å².